The Morgan fingerprint density at radius 3 is 2.36 bits per heavy atom. The number of amides is 4. The van der Waals surface area contributed by atoms with Gasteiger partial charge in [-0.15, -0.1) is 0 Å². The van der Waals surface area contributed by atoms with Gasteiger partial charge in [-0.1, -0.05) is 49.4 Å². The standard InChI is InChI=1S/C25H30FN5O5/c1-2-29-16-22(32)30(17-31(29)25(36)28-15-19-6-4-3-5-7-19)21(14-23(33)34)24(35)27-13-12-18-8-10-20(26)11-9-18/h3-11,21H,2,12-17H2,1H3,(H,27,35)(H,28,36)(H,33,34)/t21-/m0/s1. The van der Waals surface area contributed by atoms with Gasteiger partial charge in [0.15, 0.2) is 0 Å². The summed E-state index contributed by atoms with van der Waals surface area (Å²) in [7, 11) is 0. The third-order valence-corrected chi connectivity index (χ3v) is 5.82. The summed E-state index contributed by atoms with van der Waals surface area (Å²) in [6.07, 6.45) is -0.211. The third-order valence-electron chi connectivity index (χ3n) is 5.82. The van der Waals surface area contributed by atoms with Gasteiger partial charge in [0.05, 0.1) is 13.0 Å². The molecule has 0 aliphatic carbocycles. The van der Waals surface area contributed by atoms with Crippen LogP contribution < -0.4 is 10.6 Å². The van der Waals surface area contributed by atoms with E-state index in [-0.39, 0.29) is 32.1 Å². The quantitative estimate of drug-likeness (QED) is 0.456. The maximum atomic E-state index is 13.1. The second-order valence-electron chi connectivity index (χ2n) is 8.31. The van der Waals surface area contributed by atoms with Gasteiger partial charge >= 0.3 is 12.0 Å². The van der Waals surface area contributed by atoms with Crippen LogP contribution in [0.15, 0.2) is 54.6 Å². The lowest BCUT2D eigenvalue weighted by molar-refractivity contribution is -0.162. The van der Waals surface area contributed by atoms with Crippen molar-refractivity contribution in [2.24, 2.45) is 0 Å². The smallest absolute Gasteiger partial charge is 0.333 e. The molecule has 10 nitrogen and oxygen atoms in total. The average molecular weight is 500 g/mol. The lowest BCUT2D eigenvalue weighted by Gasteiger charge is -2.44. The molecule has 2 aromatic carbocycles. The fourth-order valence-corrected chi connectivity index (χ4v) is 3.87. The van der Waals surface area contributed by atoms with Crippen LogP contribution in [-0.4, -0.2) is 76.2 Å². The zero-order chi connectivity index (χ0) is 26.1. The van der Waals surface area contributed by atoms with E-state index in [0.717, 1.165) is 16.0 Å². The molecule has 0 unspecified atom stereocenters. The van der Waals surface area contributed by atoms with Crippen LogP contribution in [0.1, 0.15) is 24.5 Å². The number of hydrazine groups is 1. The predicted octanol–water partition coefficient (Wildman–Crippen LogP) is 1.58. The van der Waals surface area contributed by atoms with E-state index >= 15 is 0 Å². The molecule has 11 heteroatoms. The number of carboxylic acid groups (broad SMARTS) is 1. The molecule has 1 aliphatic rings. The number of nitrogens with one attached hydrogen (secondary N) is 2. The molecule has 0 saturated carbocycles. The van der Waals surface area contributed by atoms with E-state index in [1.54, 1.807) is 24.1 Å². The van der Waals surface area contributed by atoms with Gasteiger partial charge in [-0.05, 0) is 29.7 Å². The van der Waals surface area contributed by atoms with E-state index in [1.165, 1.54) is 17.1 Å². The van der Waals surface area contributed by atoms with Crippen molar-refractivity contribution in [1.29, 1.82) is 0 Å². The van der Waals surface area contributed by atoms with Gasteiger partial charge in [0.2, 0.25) is 11.8 Å². The van der Waals surface area contributed by atoms with Crippen LogP contribution in [0, 0.1) is 5.82 Å². The van der Waals surface area contributed by atoms with Crippen LogP contribution in [0.5, 0.6) is 0 Å². The van der Waals surface area contributed by atoms with Gasteiger partial charge in [-0.25, -0.2) is 19.2 Å². The lowest BCUT2D eigenvalue weighted by Crippen LogP contribution is -2.66. The molecule has 1 heterocycles. The topological polar surface area (TPSA) is 122 Å². The molecule has 36 heavy (non-hydrogen) atoms. The summed E-state index contributed by atoms with van der Waals surface area (Å²) in [5.74, 6) is -2.71. The predicted molar refractivity (Wildman–Crippen MR) is 129 cm³/mol. The molecule has 3 rings (SSSR count). The van der Waals surface area contributed by atoms with Crippen molar-refractivity contribution in [3.8, 4) is 0 Å². The first-order valence-corrected chi connectivity index (χ1v) is 11.7. The number of carbonyl (C=O) groups excluding carboxylic acids is 3. The van der Waals surface area contributed by atoms with Crippen molar-refractivity contribution in [3.05, 3.63) is 71.5 Å². The van der Waals surface area contributed by atoms with E-state index in [0.29, 0.717) is 13.0 Å². The van der Waals surface area contributed by atoms with Gasteiger partial charge in [0.1, 0.15) is 18.5 Å². The van der Waals surface area contributed by atoms with Gasteiger partial charge < -0.3 is 20.6 Å². The van der Waals surface area contributed by atoms with Crippen LogP contribution in [0.25, 0.3) is 0 Å². The first-order valence-electron chi connectivity index (χ1n) is 11.7. The number of nitrogens with zero attached hydrogens (tertiary/aromatic N) is 3. The number of likely N-dealkylation sites (N-methyl/N-ethyl adjacent to an activating group) is 1. The highest BCUT2D eigenvalue weighted by molar-refractivity contribution is 5.92. The Bertz CT molecular complexity index is 1070. The van der Waals surface area contributed by atoms with Crippen LogP contribution >= 0.6 is 0 Å². The van der Waals surface area contributed by atoms with E-state index in [1.807, 2.05) is 30.3 Å². The van der Waals surface area contributed by atoms with E-state index in [4.69, 9.17) is 0 Å². The highest BCUT2D eigenvalue weighted by Gasteiger charge is 2.39. The van der Waals surface area contributed by atoms with E-state index < -0.39 is 36.3 Å². The minimum absolute atomic E-state index is 0.172. The van der Waals surface area contributed by atoms with E-state index in [2.05, 4.69) is 10.6 Å². The number of aliphatic carboxylic acids is 1. The summed E-state index contributed by atoms with van der Waals surface area (Å²) >= 11 is 0. The van der Waals surface area contributed by atoms with Crippen molar-refractivity contribution in [1.82, 2.24) is 25.6 Å². The Morgan fingerprint density at radius 2 is 1.72 bits per heavy atom. The highest BCUT2D eigenvalue weighted by Crippen LogP contribution is 2.16. The molecule has 0 bridgehead atoms. The van der Waals surface area contributed by atoms with Gasteiger partial charge in [-0.2, -0.15) is 0 Å². The lowest BCUT2D eigenvalue weighted by atomic mass is 10.1. The molecule has 0 radical (unpaired) electrons. The average Bonchev–Trinajstić information content (AvgIpc) is 2.87. The maximum absolute atomic E-state index is 13.1. The van der Waals surface area contributed by atoms with Crippen LogP contribution in [0.3, 0.4) is 0 Å². The number of benzene rings is 2. The molecular weight excluding hydrogens is 469 g/mol. The Labute approximate surface area is 208 Å². The number of carbonyl (C=O) groups is 4. The molecule has 0 aromatic heterocycles. The Hall–Kier alpha value is -3.99. The zero-order valence-corrected chi connectivity index (χ0v) is 20.0. The fraction of sp³-hybridized carbons (Fsp3) is 0.360. The molecule has 0 spiro atoms. The zero-order valence-electron chi connectivity index (χ0n) is 20.0. The van der Waals surface area contributed by atoms with Crippen molar-refractivity contribution >= 4 is 23.8 Å². The van der Waals surface area contributed by atoms with E-state index in [9.17, 15) is 28.7 Å². The maximum Gasteiger partial charge on any atom is 0.333 e. The summed E-state index contributed by atoms with van der Waals surface area (Å²) in [6, 6.07) is 13.3. The first kappa shape index (κ1) is 26.6. The normalized spacial score (nSPS) is 14.9. The molecule has 2 aromatic rings. The molecule has 1 saturated heterocycles. The number of hydrogen-bond donors (Lipinski definition) is 3. The summed E-state index contributed by atoms with van der Waals surface area (Å²) in [5.41, 5.74) is 1.68. The second kappa shape index (κ2) is 12.6. The van der Waals surface area contributed by atoms with Crippen molar-refractivity contribution in [3.63, 3.8) is 0 Å². The Balaban J connectivity index is 1.67. The first-order chi connectivity index (χ1) is 17.3. The molecule has 192 valence electrons. The molecule has 1 fully saturated rings. The summed E-state index contributed by atoms with van der Waals surface area (Å²) in [5, 5.41) is 17.7. The van der Waals surface area contributed by atoms with Crippen molar-refractivity contribution < 1.29 is 28.7 Å². The number of hydrogen-bond acceptors (Lipinski definition) is 5. The second-order valence-corrected chi connectivity index (χ2v) is 8.31. The number of rotatable bonds is 10. The number of carboxylic acids is 1. The summed E-state index contributed by atoms with van der Waals surface area (Å²) in [6.45, 7) is 2.16. The number of halogens is 1. The highest BCUT2D eigenvalue weighted by atomic mass is 19.1. The van der Waals surface area contributed by atoms with Gasteiger partial charge in [0.25, 0.3) is 0 Å². The molecule has 1 atom stereocenters. The van der Waals surface area contributed by atoms with Gasteiger partial charge in [0, 0.05) is 19.6 Å². The van der Waals surface area contributed by atoms with Crippen LogP contribution in [0.2, 0.25) is 0 Å². The van der Waals surface area contributed by atoms with Crippen molar-refractivity contribution in [2.75, 3.05) is 26.3 Å². The minimum Gasteiger partial charge on any atom is -0.481 e. The van der Waals surface area contributed by atoms with Crippen LogP contribution in [-0.2, 0) is 27.3 Å². The molecule has 3 N–H and O–H groups in total. The minimum atomic E-state index is -1.30. The van der Waals surface area contributed by atoms with Crippen molar-refractivity contribution in [2.45, 2.75) is 32.4 Å². The summed E-state index contributed by atoms with van der Waals surface area (Å²) in [4.78, 5) is 51.4. The monoisotopic (exact) mass is 499 g/mol. The SMILES string of the molecule is CCN1CC(=O)N([C@@H](CC(=O)O)C(=O)NCCc2ccc(F)cc2)CN1C(=O)NCc1ccccc1. The number of urea groups is 1. The Morgan fingerprint density at radius 1 is 1.03 bits per heavy atom. The fourth-order valence-electron chi connectivity index (χ4n) is 3.87. The third kappa shape index (κ3) is 7.25. The Kier molecular flexibility index (Phi) is 9.34. The summed E-state index contributed by atoms with van der Waals surface area (Å²) < 4.78 is 13.1. The molecular formula is C25H30FN5O5. The van der Waals surface area contributed by atoms with Gasteiger partial charge in [-0.3, -0.25) is 14.4 Å². The van der Waals surface area contributed by atoms with Crippen LogP contribution in [0.4, 0.5) is 9.18 Å². The largest absolute Gasteiger partial charge is 0.481 e. The molecule has 4 amide bonds. The molecule has 1 aliphatic heterocycles.